The van der Waals surface area contributed by atoms with Crippen molar-refractivity contribution in [1.29, 1.82) is 0 Å². The van der Waals surface area contributed by atoms with E-state index in [1.54, 1.807) is 22.8 Å². The smallest absolute Gasteiger partial charge is 0.317 e. The number of aromatic nitrogens is 2. The maximum Gasteiger partial charge on any atom is 0.317 e. The molecule has 0 spiro atoms. The molecule has 2 N–H and O–H groups in total. The molecule has 1 aliphatic rings. The molecule has 8 heteroatoms. The van der Waals surface area contributed by atoms with Gasteiger partial charge in [0.25, 0.3) is 0 Å². The Balaban J connectivity index is 1.93. The van der Waals surface area contributed by atoms with Gasteiger partial charge in [-0.25, -0.2) is 4.79 Å². The number of amides is 2. The number of carbonyl (C=O) groups excluding carboxylic acids is 1. The van der Waals surface area contributed by atoms with Gasteiger partial charge in [0, 0.05) is 26.3 Å². The van der Waals surface area contributed by atoms with Crippen molar-refractivity contribution in [1.82, 2.24) is 20.0 Å². The summed E-state index contributed by atoms with van der Waals surface area (Å²) in [7, 11) is 1.75. The summed E-state index contributed by atoms with van der Waals surface area (Å²) in [6, 6.07) is -0.283. The zero-order valence-electron chi connectivity index (χ0n) is 12.0. The maximum atomic E-state index is 12.1. The van der Waals surface area contributed by atoms with Gasteiger partial charge in [-0.1, -0.05) is 18.5 Å². The Bertz CT molecular complexity index is 546. The number of hydrogen-bond acceptors (Lipinski definition) is 3. The third-order valence-corrected chi connectivity index (χ3v) is 3.87. The average molecular weight is 315 g/mol. The number of carbonyl (C=O) groups is 2. The van der Waals surface area contributed by atoms with Gasteiger partial charge in [-0.15, -0.1) is 0 Å². The lowest BCUT2D eigenvalue weighted by Crippen LogP contribution is -2.49. The molecule has 1 aromatic rings. The number of carboxylic acid groups (broad SMARTS) is 1. The number of hydrogen-bond donors (Lipinski definition) is 2. The summed E-state index contributed by atoms with van der Waals surface area (Å²) >= 11 is 5.98. The molecule has 1 saturated heterocycles. The maximum absolute atomic E-state index is 12.1. The van der Waals surface area contributed by atoms with E-state index in [1.807, 2.05) is 6.92 Å². The van der Waals surface area contributed by atoms with Gasteiger partial charge >= 0.3 is 12.0 Å². The van der Waals surface area contributed by atoms with E-state index in [9.17, 15) is 9.59 Å². The quantitative estimate of drug-likeness (QED) is 0.881. The molecule has 2 heterocycles. The van der Waals surface area contributed by atoms with Crippen LogP contribution in [0.15, 0.2) is 6.20 Å². The summed E-state index contributed by atoms with van der Waals surface area (Å²) < 4.78 is 1.58. The summed E-state index contributed by atoms with van der Waals surface area (Å²) in [5.74, 6) is -1.19. The first-order chi connectivity index (χ1) is 9.86. The summed E-state index contributed by atoms with van der Waals surface area (Å²) in [4.78, 5) is 24.8. The number of piperidine rings is 1. The normalized spacial score (nSPS) is 22.1. The Morgan fingerprint density at radius 2 is 2.24 bits per heavy atom. The van der Waals surface area contributed by atoms with Gasteiger partial charge in [0.05, 0.1) is 17.5 Å². The zero-order chi connectivity index (χ0) is 15.6. The van der Waals surface area contributed by atoms with Gasteiger partial charge in [-0.05, 0) is 12.3 Å². The number of rotatable bonds is 3. The van der Waals surface area contributed by atoms with Crippen molar-refractivity contribution >= 4 is 23.6 Å². The van der Waals surface area contributed by atoms with Crippen LogP contribution in [0.25, 0.3) is 0 Å². The van der Waals surface area contributed by atoms with Crippen LogP contribution in [-0.2, 0) is 18.4 Å². The Morgan fingerprint density at radius 1 is 1.52 bits per heavy atom. The van der Waals surface area contributed by atoms with Gasteiger partial charge in [0.15, 0.2) is 0 Å². The second-order valence-electron chi connectivity index (χ2n) is 5.54. The standard InChI is InChI=1S/C13H19ClN4O3/c1-8-3-9(12(19)20)6-18(5-8)13(21)15-4-11-10(14)7-17(2)16-11/h7-9H,3-6H2,1-2H3,(H,15,21)(H,19,20)/t8-,9-/m1/s1. The topological polar surface area (TPSA) is 87.5 Å². The van der Waals surface area contributed by atoms with Crippen molar-refractivity contribution in [3.8, 4) is 0 Å². The van der Waals surface area contributed by atoms with Crippen molar-refractivity contribution in [2.75, 3.05) is 13.1 Å². The minimum Gasteiger partial charge on any atom is -0.481 e. The lowest BCUT2D eigenvalue weighted by atomic mass is 9.91. The first-order valence-corrected chi connectivity index (χ1v) is 7.18. The summed E-state index contributed by atoms with van der Waals surface area (Å²) in [6.45, 7) is 2.97. The highest BCUT2D eigenvalue weighted by molar-refractivity contribution is 6.31. The summed E-state index contributed by atoms with van der Waals surface area (Å²) in [5, 5.41) is 16.5. The molecule has 116 valence electrons. The molecule has 0 aliphatic carbocycles. The predicted octanol–water partition coefficient (Wildman–Crippen LogP) is 1.33. The number of urea groups is 1. The molecule has 0 saturated carbocycles. The lowest BCUT2D eigenvalue weighted by Gasteiger charge is -2.34. The fourth-order valence-electron chi connectivity index (χ4n) is 2.59. The zero-order valence-corrected chi connectivity index (χ0v) is 12.8. The second-order valence-corrected chi connectivity index (χ2v) is 5.94. The van der Waals surface area contributed by atoms with E-state index < -0.39 is 11.9 Å². The number of halogens is 1. The molecule has 7 nitrogen and oxygen atoms in total. The first-order valence-electron chi connectivity index (χ1n) is 6.80. The van der Waals surface area contributed by atoms with Crippen molar-refractivity contribution in [3.05, 3.63) is 16.9 Å². The van der Waals surface area contributed by atoms with E-state index in [0.29, 0.717) is 23.7 Å². The molecule has 1 aromatic heterocycles. The largest absolute Gasteiger partial charge is 0.481 e. The third kappa shape index (κ3) is 3.87. The fourth-order valence-corrected chi connectivity index (χ4v) is 2.84. The SMILES string of the molecule is C[C@@H]1C[C@@H](C(=O)O)CN(C(=O)NCc2nn(C)cc2Cl)C1. The molecule has 1 aliphatic heterocycles. The number of aryl methyl sites for hydroxylation is 1. The summed E-state index contributed by atoms with van der Waals surface area (Å²) in [6.07, 6.45) is 2.26. The van der Waals surface area contributed by atoms with Crippen molar-refractivity contribution in [3.63, 3.8) is 0 Å². The Hall–Kier alpha value is -1.76. The summed E-state index contributed by atoms with van der Waals surface area (Å²) in [5.41, 5.74) is 0.590. The Morgan fingerprint density at radius 3 is 2.81 bits per heavy atom. The van der Waals surface area contributed by atoms with Crippen LogP contribution in [0.4, 0.5) is 4.79 Å². The highest BCUT2D eigenvalue weighted by Gasteiger charge is 2.31. The number of aliphatic carboxylic acids is 1. The fraction of sp³-hybridized carbons (Fsp3) is 0.615. The molecule has 21 heavy (non-hydrogen) atoms. The van der Waals surface area contributed by atoms with Crippen LogP contribution < -0.4 is 5.32 Å². The number of nitrogens with one attached hydrogen (secondary N) is 1. The molecule has 0 aromatic carbocycles. The van der Waals surface area contributed by atoms with Gasteiger partial charge in [0.1, 0.15) is 5.69 Å². The molecule has 1 fully saturated rings. The van der Waals surface area contributed by atoms with Gasteiger partial charge in [-0.2, -0.15) is 5.10 Å². The highest BCUT2D eigenvalue weighted by Crippen LogP contribution is 2.22. The molecule has 0 unspecified atom stereocenters. The second kappa shape index (κ2) is 6.34. The van der Waals surface area contributed by atoms with Crippen LogP contribution in [0.1, 0.15) is 19.0 Å². The third-order valence-electron chi connectivity index (χ3n) is 3.56. The van der Waals surface area contributed by atoms with Gasteiger partial charge in [0.2, 0.25) is 0 Å². The first kappa shape index (κ1) is 15.6. The van der Waals surface area contributed by atoms with Gasteiger partial charge in [-0.3, -0.25) is 9.48 Å². The lowest BCUT2D eigenvalue weighted by molar-refractivity contribution is -0.143. The average Bonchev–Trinajstić information content (AvgIpc) is 2.73. The number of nitrogens with zero attached hydrogens (tertiary/aromatic N) is 3. The minimum atomic E-state index is -0.855. The van der Waals surface area contributed by atoms with Crippen LogP contribution in [0, 0.1) is 11.8 Å². The number of carboxylic acids is 1. The number of likely N-dealkylation sites (tertiary alicyclic amines) is 1. The van der Waals surface area contributed by atoms with Crippen LogP contribution >= 0.6 is 11.6 Å². The molecule has 2 rings (SSSR count). The molecule has 2 atom stereocenters. The molecular weight excluding hydrogens is 296 g/mol. The van der Waals surface area contributed by atoms with E-state index in [4.69, 9.17) is 16.7 Å². The van der Waals surface area contributed by atoms with E-state index in [2.05, 4.69) is 10.4 Å². The molecule has 0 bridgehead atoms. The Kier molecular flexibility index (Phi) is 4.72. The Labute approximate surface area is 127 Å². The van der Waals surface area contributed by atoms with Crippen LogP contribution in [0.5, 0.6) is 0 Å². The molecule has 2 amide bonds. The van der Waals surface area contributed by atoms with Crippen molar-refractivity contribution < 1.29 is 14.7 Å². The van der Waals surface area contributed by atoms with E-state index >= 15 is 0 Å². The van der Waals surface area contributed by atoms with Crippen molar-refractivity contribution in [2.24, 2.45) is 18.9 Å². The van der Waals surface area contributed by atoms with Crippen LogP contribution in [-0.4, -0.2) is 44.9 Å². The van der Waals surface area contributed by atoms with E-state index in [0.717, 1.165) is 0 Å². The van der Waals surface area contributed by atoms with Crippen LogP contribution in [0.3, 0.4) is 0 Å². The van der Waals surface area contributed by atoms with Crippen molar-refractivity contribution in [2.45, 2.75) is 19.9 Å². The highest BCUT2D eigenvalue weighted by atomic mass is 35.5. The van der Waals surface area contributed by atoms with Gasteiger partial charge < -0.3 is 15.3 Å². The van der Waals surface area contributed by atoms with Crippen LogP contribution in [0.2, 0.25) is 5.02 Å². The van der Waals surface area contributed by atoms with E-state index in [1.165, 1.54) is 0 Å². The van der Waals surface area contributed by atoms with E-state index in [-0.39, 0.29) is 25.0 Å². The minimum absolute atomic E-state index is 0.170. The molecular formula is C13H19ClN4O3. The predicted molar refractivity (Wildman–Crippen MR) is 76.9 cm³/mol. The monoisotopic (exact) mass is 314 g/mol. The molecule has 0 radical (unpaired) electrons.